The number of rotatable bonds is 6. The second kappa shape index (κ2) is 8.02. The summed E-state index contributed by atoms with van der Waals surface area (Å²) in [6.07, 6.45) is 1.16. The fourth-order valence-electron chi connectivity index (χ4n) is 2.08. The second-order valence-corrected chi connectivity index (χ2v) is 4.77. The maximum Gasteiger partial charge on any atom is 0.387 e. The molecule has 0 aromatic heterocycles. The number of alkyl halides is 2. The molecule has 25 heavy (non-hydrogen) atoms. The van der Waals surface area contributed by atoms with Crippen LogP contribution in [-0.2, 0) is 0 Å². The highest BCUT2D eigenvalue weighted by Gasteiger charge is 2.17. The van der Waals surface area contributed by atoms with Crippen molar-refractivity contribution in [3.05, 3.63) is 65.0 Å². The van der Waals surface area contributed by atoms with E-state index in [1.54, 1.807) is 6.07 Å². The number of Topliss-reactive ketones (excluding diaryl/α,β-unsaturated/α-hetero) is 1. The van der Waals surface area contributed by atoms with Gasteiger partial charge in [0, 0.05) is 0 Å². The summed E-state index contributed by atoms with van der Waals surface area (Å²) in [5.74, 6) is -1.75. The van der Waals surface area contributed by atoms with Gasteiger partial charge in [0.05, 0.1) is 12.7 Å². The highest BCUT2D eigenvalue weighted by molar-refractivity contribution is 6.14. The summed E-state index contributed by atoms with van der Waals surface area (Å²) in [5.41, 5.74) is -0.358. The number of allylic oxidation sites excluding steroid dienone is 1. The molecule has 0 aliphatic heterocycles. The monoisotopic (exact) mass is 347 g/mol. The van der Waals surface area contributed by atoms with E-state index in [2.05, 4.69) is 4.74 Å². The third kappa shape index (κ3) is 4.38. The lowest BCUT2D eigenvalue weighted by Crippen LogP contribution is -2.05. The van der Waals surface area contributed by atoms with Gasteiger partial charge in [0.2, 0.25) is 5.78 Å². The fraction of sp³-hybridized carbons (Fsp3) is 0.111. The third-order valence-electron chi connectivity index (χ3n) is 3.20. The Hall–Kier alpha value is -3.27. The Bertz CT molecular complexity index is 857. The zero-order chi connectivity index (χ0) is 18.4. The van der Waals surface area contributed by atoms with E-state index >= 15 is 0 Å². The molecule has 0 aliphatic rings. The number of ketones is 1. The van der Waals surface area contributed by atoms with Gasteiger partial charge in [-0.15, -0.1) is 0 Å². The van der Waals surface area contributed by atoms with Gasteiger partial charge in [-0.1, -0.05) is 18.2 Å². The van der Waals surface area contributed by atoms with Crippen molar-refractivity contribution < 1.29 is 27.4 Å². The van der Waals surface area contributed by atoms with Crippen molar-refractivity contribution >= 4 is 11.9 Å². The van der Waals surface area contributed by atoms with Crippen molar-refractivity contribution in [1.29, 1.82) is 5.26 Å². The summed E-state index contributed by atoms with van der Waals surface area (Å²) < 4.78 is 47.8. The van der Waals surface area contributed by atoms with Crippen molar-refractivity contribution in [2.24, 2.45) is 0 Å². The maximum absolute atomic E-state index is 13.7. The van der Waals surface area contributed by atoms with Crippen LogP contribution in [0, 0.1) is 17.1 Å². The molecule has 0 spiro atoms. The lowest BCUT2D eigenvalue weighted by atomic mass is 10.0. The van der Waals surface area contributed by atoms with Crippen LogP contribution in [0.1, 0.15) is 15.9 Å². The first-order valence-corrected chi connectivity index (χ1v) is 7.00. The largest absolute Gasteiger partial charge is 0.493 e. The zero-order valence-corrected chi connectivity index (χ0v) is 13.0. The van der Waals surface area contributed by atoms with Crippen LogP contribution in [0.25, 0.3) is 6.08 Å². The molecule has 7 heteroatoms. The predicted octanol–water partition coefficient (Wildman–Crippen LogP) is 4.23. The number of carbonyl (C=O) groups excluding carboxylic acids is 1. The van der Waals surface area contributed by atoms with Crippen LogP contribution in [0.3, 0.4) is 0 Å². The van der Waals surface area contributed by atoms with Crippen LogP contribution >= 0.6 is 0 Å². The molecule has 0 unspecified atom stereocenters. The van der Waals surface area contributed by atoms with Crippen LogP contribution < -0.4 is 9.47 Å². The topological polar surface area (TPSA) is 59.3 Å². The number of ether oxygens (including phenoxy) is 2. The maximum atomic E-state index is 13.7. The first kappa shape index (κ1) is 18.1. The molecule has 0 saturated carbocycles. The molecular formula is C18H12F3NO3. The summed E-state index contributed by atoms with van der Waals surface area (Å²) in [6.45, 7) is -3.07. The molecule has 0 fully saturated rings. The first-order valence-electron chi connectivity index (χ1n) is 7.00. The Morgan fingerprint density at radius 2 is 1.92 bits per heavy atom. The molecule has 0 saturated heterocycles. The fourth-order valence-corrected chi connectivity index (χ4v) is 2.08. The number of hydrogen-bond acceptors (Lipinski definition) is 4. The van der Waals surface area contributed by atoms with Gasteiger partial charge in [0.15, 0.2) is 11.5 Å². The number of hydrogen-bond donors (Lipinski definition) is 0. The van der Waals surface area contributed by atoms with Gasteiger partial charge in [-0.2, -0.15) is 14.0 Å². The molecule has 0 radical (unpaired) electrons. The van der Waals surface area contributed by atoms with Gasteiger partial charge in [-0.25, -0.2) is 4.39 Å². The van der Waals surface area contributed by atoms with Crippen LogP contribution in [0.4, 0.5) is 13.2 Å². The number of methoxy groups -OCH3 is 1. The Morgan fingerprint density at radius 3 is 2.52 bits per heavy atom. The molecule has 0 heterocycles. The van der Waals surface area contributed by atoms with E-state index in [1.807, 2.05) is 0 Å². The van der Waals surface area contributed by atoms with E-state index < -0.39 is 18.2 Å². The van der Waals surface area contributed by atoms with Gasteiger partial charge in [0.25, 0.3) is 0 Å². The first-order chi connectivity index (χ1) is 12.0. The summed E-state index contributed by atoms with van der Waals surface area (Å²) in [5, 5.41) is 9.19. The molecule has 128 valence electrons. The average molecular weight is 347 g/mol. The molecule has 0 atom stereocenters. The minimum atomic E-state index is -3.07. The van der Waals surface area contributed by atoms with Gasteiger partial charge < -0.3 is 9.47 Å². The summed E-state index contributed by atoms with van der Waals surface area (Å²) in [6, 6.07) is 10.9. The van der Waals surface area contributed by atoms with E-state index in [1.165, 1.54) is 43.5 Å². The number of halogens is 3. The van der Waals surface area contributed by atoms with Crippen molar-refractivity contribution in [1.82, 2.24) is 0 Å². The van der Waals surface area contributed by atoms with Crippen molar-refractivity contribution in [3.8, 4) is 17.6 Å². The summed E-state index contributed by atoms with van der Waals surface area (Å²) >= 11 is 0. The number of carbonyl (C=O) groups is 1. The van der Waals surface area contributed by atoms with Crippen LogP contribution in [0.5, 0.6) is 11.5 Å². The number of nitrogens with zero attached hydrogens (tertiary/aromatic N) is 1. The van der Waals surface area contributed by atoms with Crippen molar-refractivity contribution in [2.45, 2.75) is 6.61 Å². The smallest absolute Gasteiger partial charge is 0.387 e. The minimum Gasteiger partial charge on any atom is -0.493 e. The predicted molar refractivity (Wildman–Crippen MR) is 83.9 cm³/mol. The summed E-state index contributed by atoms with van der Waals surface area (Å²) in [7, 11) is 1.28. The Kier molecular flexibility index (Phi) is 5.79. The van der Waals surface area contributed by atoms with Crippen LogP contribution in [0.2, 0.25) is 0 Å². The molecule has 0 aliphatic carbocycles. The van der Waals surface area contributed by atoms with Gasteiger partial charge in [-0.05, 0) is 35.9 Å². The zero-order valence-electron chi connectivity index (χ0n) is 13.0. The van der Waals surface area contributed by atoms with Crippen molar-refractivity contribution in [3.63, 3.8) is 0 Å². The van der Waals surface area contributed by atoms with E-state index in [0.717, 1.165) is 12.1 Å². The lowest BCUT2D eigenvalue weighted by Gasteiger charge is -2.10. The third-order valence-corrected chi connectivity index (χ3v) is 3.20. The Morgan fingerprint density at radius 1 is 1.20 bits per heavy atom. The molecule has 4 nitrogen and oxygen atoms in total. The van der Waals surface area contributed by atoms with E-state index in [-0.39, 0.29) is 28.2 Å². The normalized spacial score (nSPS) is 11.1. The Balaban J connectivity index is 2.41. The van der Waals surface area contributed by atoms with Crippen LogP contribution in [0.15, 0.2) is 48.0 Å². The van der Waals surface area contributed by atoms with Crippen molar-refractivity contribution in [2.75, 3.05) is 7.11 Å². The van der Waals surface area contributed by atoms with Gasteiger partial charge in [0.1, 0.15) is 17.5 Å². The SMILES string of the molecule is COc1ccc(/C=C(\C#N)C(=O)c2ccccc2F)cc1OC(F)F. The standard InChI is InChI=1S/C18H12F3NO3/c1-24-15-7-6-11(9-16(15)25-18(20)21)8-12(10-22)17(23)13-4-2-3-5-14(13)19/h2-9,18H,1H3/b12-8+. The van der Waals surface area contributed by atoms with E-state index in [9.17, 15) is 23.2 Å². The number of nitriles is 1. The molecule has 0 bridgehead atoms. The van der Waals surface area contributed by atoms with Gasteiger partial charge in [-0.3, -0.25) is 4.79 Å². The molecular weight excluding hydrogens is 335 g/mol. The number of benzene rings is 2. The van der Waals surface area contributed by atoms with E-state index in [0.29, 0.717) is 0 Å². The molecule has 2 rings (SSSR count). The summed E-state index contributed by atoms with van der Waals surface area (Å²) in [4.78, 5) is 12.3. The highest BCUT2D eigenvalue weighted by Crippen LogP contribution is 2.30. The quantitative estimate of drug-likeness (QED) is 0.446. The Labute approximate surface area is 141 Å². The minimum absolute atomic E-state index is 0.0661. The molecule has 0 amide bonds. The van der Waals surface area contributed by atoms with Gasteiger partial charge >= 0.3 is 6.61 Å². The highest BCUT2D eigenvalue weighted by atomic mass is 19.3. The second-order valence-electron chi connectivity index (χ2n) is 4.77. The van der Waals surface area contributed by atoms with Crippen LogP contribution in [-0.4, -0.2) is 19.5 Å². The molecule has 2 aromatic rings. The molecule has 0 N–H and O–H groups in total. The average Bonchev–Trinajstić information content (AvgIpc) is 2.59. The molecule has 2 aromatic carbocycles. The van der Waals surface area contributed by atoms with E-state index in [4.69, 9.17) is 4.74 Å². The lowest BCUT2D eigenvalue weighted by molar-refractivity contribution is -0.0512.